The fourth-order valence-electron chi connectivity index (χ4n) is 2.17. The van der Waals surface area contributed by atoms with Gasteiger partial charge in [0.1, 0.15) is 0 Å². The van der Waals surface area contributed by atoms with E-state index in [9.17, 15) is 0 Å². The molecule has 0 bridgehead atoms. The molecule has 86 valence electrons. The standard InChI is InChI=1S/C15H21N/c1-15(2,3)11-12-6-8-13(9-7-12)14-5-4-10-16-14/h4,6-10,14,16H,5,11H2,1-3H3. The van der Waals surface area contributed by atoms with Gasteiger partial charge in [-0.05, 0) is 35.6 Å². The van der Waals surface area contributed by atoms with E-state index < -0.39 is 0 Å². The average molecular weight is 215 g/mol. The summed E-state index contributed by atoms with van der Waals surface area (Å²) in [7, 11) is 0. The zero-order valence-electron chi connectivity index (χ0n) is 10.5. The number of rotatable bonds is 2. The molecule has 0 aliphatic carbocycles. The molecule has 1 heterocycles. The van der Waals surface area contributed by atoms with Crippen molar-refractivity contribution < 1.29 is 0 Å². The summed E-state index contributed by atoms with van der Waals surface area (Å²) in [5.74, 6) is 0. The molecule has 1 aromatic rings. The fourth-order valence-corrected chi connectivity index (χ4v) is 2.17. The molecule has 1 N–H and O–H groups in total. The molecule has 0 spiro atoms. The number of benzene rings is 1. The summed E-state index contributed by atoms with van der Waals surface area (Å²) >= 11 is 0. The number of hydrogen-bond donors (Lipinski definition) is 1. The van der Waals surface area contributed by atoms with Gasteiger partial charge in [-0.15, -0.1) is 0 Å². The number of nitrogens with one attached hydrogen (secondary N) is 1. The van der Waals surface area contributed by atoms with Gasteiger partial charge in [0.25, 0.3) is 0 Å². The van der Waals surface area contributed by atoms with Crippen LogP contribution in [-0.4, -0.2) is 0 Å². The molecule has 0 aromatic heterocycles. The van der Waals surface area contributed by atoms with E-state index >= 15 is 0 Å². The molecule has 1 unspecified atom stereocenters. The predicted molar refractivity (Wildman–Crippen MR) is 69.2 cm³/mol. The van der Waals surface area contributed by atoms with E-state index in [1.54, 1.807) is 0 Å². The molecular formula is C15H21N. The first-order valence-corrected chi connectivity index (χ1v) is 6.04. The largest absolute Gasteiger partial charge is 0.384 e. The molecule has 1 atom stereocenters. The van der Waals surface area contributed by atoms with Gasteiger partial charge in [0, 0.05) is 0 Å². The highest BCUT2D eigenvalue weighted by Crippen LogP contribution is 2.24. The van der Waals surface area contributed by atoms with Gasteiger partial charge < -0.3 is 5.32 Å². The Morgan fingerprint density at radius 3 is 2.38 bits per heavy atom. The lowest BCUT2D eigenvalue weighted by molar-refractivity contribution is 0.411. The van der Waals surface area contributed by atoms with Crippen LogP contribution in [0.2, 0.25) is 0 Å². The SMILES string of the molecule is CC(C)(C)Cc1ccc(C2CC=CN2)cc1. The van der Waals surface area contributed by atoms with Crippen LogP contribution in [0.5, 0.6) is 0 Å². The van der Waals surface area contributed by atoms with Crippen LogP contribution in [0, 0.1) is 5.41 Å². The van der Waals surface area contributed by atoms with Crippen molar-refractivity contribution in [1.29, 1.82) is 0 Å². The highest BCUT2D eigenvalue weighted by molar-refractivity contribution is 5.27. The molecule has 2 rings (SSSR count). The van der Waals surface area contributed by atoms with E-state index in [4.69, 9.17) is 0 Å². The third-order valence-corrected chi connectivity index (χ3v) is 2.90. The Morgan fingerprint density at radius 1 is 1.19 bits per heavy atom. The quantitative estimate of drug-likeness (QED) is 0.790. The molecule has 0 saturated heterocycles. The minimum absolute atomic E-state index is 0.370. The Bertz CT molecular complexity index is 359. The molecule has 0 amide bonds. The lowest BCUT2D eigenvalue weighted by Gasteiger charge is -2.19. The van der Waals surface area contributed by atoms with Crippen molar-refractivity contribution in [3.63, 3.8) is 0 Å². The van der Waals surface area contributed by atoms with Gasteiger partial charge in [0.2, 0.25) is 0 Å². The summed E-state index contributed by atoms with van der Waals surface area (Å²) in [6, 6.07) is 9.53. The summed E-state index contributed by atoms with van der Waals surface area (Å²) < 4.78 is 0. The van der Waals surface area contributed by atoms with E-state index in [1.807, 2.05) is 6.20 Å². The maximum atomic E-state index is 3.36. The summed E-state index contributed by atoms with van der Waals surface area (Å²) in [5, 5.41) is 3.36. The first-order valence-electron chi connectivity index (χ1n) is 6.04. The summed E-state index contributed by atoms with van der Waals surface area (Å²) in [6.07, 6.45) is 6.49. The minimum atomic E-state index is 0.370. The van der Waals surface area contributed by atoms with E-state index in [2.05, 4.69) is 56.4 Å². The molecule has 1 aliphatic heterocycles. The highest BCUT2D eigenvalue weighted by atomic mass is 14.9. The van der Waals surface area contributed by atoms with Crippen molar-refractivity contribution in [3.05, 3.63) is 47.7 Å². The Morgan fingerprint density at radius 2 is 1.88 bits per heavy atom. The van der Waals surface area contributed by atoms with Crippen molar-refractivity contribution in [2.45, 2.75) is 39.7 Å². The van der Waals surface area contributed by atoms with Crippen molar-refractivity contribution >= 4 is 0 Å². The Hall–Kier alpha value is -1.24. The van der Waals surface area contributed by atoms with Crippen LogP contribution in [0.1, 0.15) is 44.4 Å². The van der Waals surface area contributed by atoms with Gasteiger partial charge in [-0.1, -0.05) is 51.1 Å². The van der Waals surface area contributed by atoms with Crippen LogP contribution in [0.3, 0.4) is 0 Å². The minimum Gasteiger partial charge on any atom is -0.384 e. The molecule has 1 aliphatic rings. The Kier molecular flexibility index (Phi) is 3.04. The summed E-state index contributed by atoms with van der Waals surface area (Å²) in [5.41, 5.74) is 3.19. The lowest BCUT2D eigenvalue weighted by atomic mass is 9.87. The van der Waals surface area contributed by atoms with Crippen LogP contribution >= 0.6 is 0 Å². The molecule has 0 saturated carbocycles. The summed E-state index contributed by atoms with van der Waals surface area (Å²) in [4.78, 5) is 0. The monoisotopic (exact) mass is 215 g/mol. The predicted octanol–water partition coefficient (Wildman–Crippen LogP) is 3.82. The first kappa shape index (κ1) is 11.3. The molecular weight excluding hydrogens is 194 g/mol. The van der Waals surface area contributed by atoms with E-state index in [1.165, 1.54) is 11.1 Å². The first-order chi connectivity index (χ1) is 7.54. The van der Waals surface area contributed by atoms with Crippen molar-refractivity contribution in [2.24, 2.45) is 5.41 Å². The van der Waals surface area contributed by atoms with Crippen molar-refractivity contribution in [3.8, 4) is 0 Å². The van der Waals surface area contributed by atoms with Gasteiger partial charge in [0.15, 0.2) is 0 Å². The maximum Gasteiger partial charge on any atom is 0.0543 e. The third-order valence-electron chi connectivity index (χ3n) is 2.90. The van der Waals surface area contributed by atoms with E-state index in [0.29, 0.717) is 11.5 Å². The van der Waals surface area contributed by atoms with Crippen LogP contribution in [0.25, 0.3) is 0 Å². The van der Waals surface area contributed by atoms with Gasteiger partial charge in [-0.25, -0.2) is 0 Å². The van der Waals surface area contributed by atoms with Gasteiger partial charge in [-0.3, -0.25) is 0 Å². The molecule has 1 aromatic carbocycles. The van der Waals surface area contributed by atoms with Crippen LogP contribution < -0.4 is 5.32 Å². The maximum absolute atomic E-state index is 3.36. The average Bonchev–Trinajstić information content (AvgIpc) is 2.69. The second-order valence-electron chi connectivity index (χ2n) is 5.84. The second-order valence-corrected chi connectivity index (χ2v) is 5.84. The van der Waals surface area contributed by atoms with Crippen molar-refractivity contribution in [2.75, 3.05) is 0 Å². The fraction of sp³-hybridized carbons (Fsp3) is 0.467. The van der Waals surface area contributed by atoms with Gasteiger partial charge in [0.05, 0.1) is 6.04 Å². The zero-order valence-corrected chi connectivity index (χ0v) is 10.5. The lowest BCUT2D eigenvalue weighted by Crippen LogP contribution is -2.11. The highest BCUT2D eigenvalue weighted by Gasteiger charge is 2.13. The zero-order chi connectivity index (χ0) is 11.6. The second kappa shape index (κ2) is 4.32. The van der Waals surface area contributed by atoms with E-state index in [-0.39, 0.29) is 0 Å². The molecule has 0 fully saturated rings. The third kappa shape index (κ3) is 2.88. The summed E-state index contributed by atoms with van der Waals surface area (Å²) in [6.45, 7) is 6.84. The molecule has 16 heavy (non-hydrogen) atoms. The van der Waals surface area contributed by atoms with Crippen molar-refractivity contribution in [1.82, 2.24) is 5.32 Å². The Labute approximate surface area is 98.6 Å². The van der Waals surface area contributed by atoms with Gasteiger partial charge >= 0.3 is 0 Å². The van der Waals surface area contributed by atoms with Crippen LogP contribution in [0.4, 0.5) is 0 Å². The van der Waals surface area contributed by atoms with E-state index in [0.717, 1.165) is 12.8 Å². The van der Waals surface area contributed by atoms with Crippen LogP contribution in [0.15, 0.2) is 36.5 Å². The van der Waals surface area contributed by atoms with Crippen LogP contribution in [-0.2, 0) is 6.42 Å². The smallest absolute Gasteiger partial charge is 0.0543 e. The molecule has 1 nitrogen and oxygen atoms in total. The van der Waals surface area contributed by atoms with Gasteiger partial charge in [-0.2, -0.15) is 0 Å². The normalized spacial score (nSPS) is 19.8. The topological polar surface area (TPSA) is 12.0 Å². The molecule has 1 heteroatoms. The number of hydrogen-bond acceptors (Lipinski definition) is 1. The molecule has 0 radical (unpaired) electrons. The Balaban J connectivity index is 2.04.